The molecule has 0 aliphatic heterocycles. The Labute approximate surface area is 289 Å². The molecule has 0 spiro atoms. The lowest BCUT2D eigenvalue weighted by Crippen LogP contribution is -2.32. The van der Waals surface area contributed by atoms with Crippen LogP contribution >= 0.6 is 0 Å². The van der Waals surface area contributed by atoms with Crippen LogP contribution in [0.15, 0.2) is 0 Å². The van der Waals surface area contributed by atoms with E-state index < -0.39 is 0 Å². The van der Waals surface area contributed by atoms with Crippen molar-refractivity contribution in [2.45, 2.75) is 156 Å². The number of amides is 1. The topological polar surface area (TPSA) is 97.4 Å². The van der Waals surface area contributed by atoms with Crippen LogP contribution in [0.1, 0.15) is 150 Å². The van der Waals surface area contributed by atoms with Crippen molar-refractivity contribution in [3.63, 3.8) is 0 Å². The van der Waals surface area contributed by atoms with Crippen molar-refractivity contribution in [2.75, 3.05) is 60.5 Å². The van der Waals surface area contributed by atoms with E-state index >= 15 is 0 Å². The molecule has 0 radical (unpaired) electrons. The van der Waals surface area contributed by atoms with E-state index in [2.05, 4.69) is 50.1 Å². The van der Waals surface area contributed by atoms with Crippen molar-refractivity contribution < 1.29 is 28.6 Å². The largest absolute Gasteiger partial charge is 0.465 e. The summed E-state index contributed by atoms with van der Waals surface area (Å²) in [6.45, 7) is 12.8. The molecule has 0 aromatic heterocycles. The Morgan fingerprint density at radius 2 is 1.04 bits per heavy atom. The van der Waals surface area contributed by atoms with Crippen molar-refractivity contribution in [3.05, 3.63) is 0 Å². The highest BCUT2D eigenvalue weighted by Gasteiger charge is 2.17. The highest BCUT2D eigenvalue weighted by Crippen LogP contribution is 2.17. The lowest BCUT2D eigenvalue weighted by atomic mass is 10.0. The number of rotatable bonds is 32. The van der Waals surface area contributed by atoms with E-state index in [1.165, 1.54) is 12.8 Å². The molecular formula is C38H75N3O6. The molecule has 0 fully saturated rings. The molecule has 0 aromatic rings. The van der Waals surface area contributed by atoms with Gasteiger partial charge in [0.2, 0.25) is 0 Å². The van der Waals surface area contributed by atoms with E-state index in [0.29, 0.717) is 19.8 Å². The third kappa shape index (κ3) is 28.8. The minimum Gasteiger partial charge on any atom is -0.465 e. The van der Waals surface area contributed by atoms with Crippen LogP contribution in [0.3, 0.4) is 0 Å². The maximum absolute atomic E-state index is 12.6. The summed E-state index contributed by atoms with van der Waals surface area (Å²) in [5.41, 5.74) is 0. The van der Waals surface area contributed by atoms with E-state index in [9.17, 15) is 14.4 Å². The molecule has 0 bridgehead atoms. The van der Waals surface area contributed by atoms with Gasteiger partial charge in [-0.2, -0.15) is 0 Å². The van der Waals surface area contributed by atoms with Crippen LogP contribution in [0.25, 0.3) is 0 Å². The van der Waals surface area contributed by atoms with Gasteiger partial charge in [0, 0.05) is 6.54 Å². The summed E-state index contributed by atoms with van der Waals surface area (Å²) in [7, 11) is 6.34. The highest BCUT2D eigenvalue weighted by atomic mass is 16.6. The molecule has 0 rings (SSSR count). The maximum atomic E-state index is 12.6. The zero-order valence-corrected chi connectivity index (χ0v) is 31.8. The maximum Gasteiger partial charge on any atom is 0.407 e. The molecule has 9 heteroatoms. The zero-order valence-electron chi connectivity index (χ0n) is 31.8. The van der Waals surface area contributed by atoms with E-state index in [1.54, 1.807) is 0 Å². The van der Waals surface area contributed by atoms with Crippen molar-refractivity contribution >= 4 is 18.0 Å². The van der Waals surface area contributed by atoms with Gasteiger partial charge in [-0.3, -0.25) is 9.59 Å². The predicted molar refractivity (Wildman–Crippen MR) is 194 cm³/mol. The minimum absolute atomic E-state index is 0.0379. The van der Waals surface area contributed by atoms with Crippen LogP contribution in [-0.2, 0) is 23.8 Å². The molecule has 0 aromatic carbocycles. The van der Waals surface area contributed by atoms with Crippen molar-refractivity contribution in [3.8, 4) is 0 Å². The van der Waals surface area contributed by atoms with Gasteiger partial charge in [0.1, 0.15) is 6.10 Å². The number of nitrogens with one attached hydrogen (secondary N) is 1. The normalized spacial score (nSPS) is 13.4. The number of esters is 2. The summed E-state index contributed by atoms with van der Waals surface area (Å²) in [6.07, 6.45) is 18.1. The Balaban J connectivity index is 4.47. The van der Waals surface area contributed by atoms with Gasteiger partial charge in [-0.05, 0) is 124 Å². The first-order valence-electron chi connectivity index (χ1n) is 19.2. The summed E-state index contributed by atoms with van der Waals surface area (Å²) in [5.74, 6) is -0.259. The summed E-state index contributed by atoms with van der Waals surface area (Å²) in [5, 5.41) is 2.94. The third-order valence-corrected chi connectivity index (χ3v) is 8.77. The zero-order chi connectivity index (χ0) is 35.1. The molecule has 1 N–H and O–H groups in total. The lowest BCUT2D eigenvalue weighted by Gasteiger charge is -2.20. The summed E-state index contributed by atoms with van der Waals surface area (Å²) in [4.78, 5) is 41.6. The quantitative estimate of drug-likeness (QED) is 0.0434. The molecule has 278 valence electrons. The average molecular weight is 670 g/mol. The molecule has 9 nitrogen and oxygen atoms in total. The lowest BCUT2D eigenvalue weighted by molar-refractivity contribution is -0.149. The van der Waals surface area contributed by atoms with Crippen LogP contribution in [0.5, 0.6) is 0 Å². The Morgan fingerprint density at radius 1 is 0.574 bits per heavy atom. The van der Waals surface area contributed by atoms with Crippen molar-refractivity contribution in [1.82, 2.24) is 15.1 Å². The second-order valence-electron chi connectivity index (χ2n) is 13.9. The van der Waals surface area contributed by atoms with E-state index in [0.717, 1.165) is 129 Å². The molecule has 2 atom stereocenters. The van der Waals surface area contributed by atoms with Gasteiger partial charge >= 0.3 is 18.0 Å². The third-order valence-electron chi connectivity index (χ3n) is 8.77. The van der Waals surface area contributed by atoms with Crippen LogP contribution in [0, 0.1) is 11.8 Å². The molecule has 47 heavy (non-hydrogen) atoms. The SMILES string of the molecule is CCCCCC(C)C(=O)OCCCCCC(CCCCCOC(=O)C(C)CCCCC)OC(=O)NCCCN(C)CCCCN(C)C. The Morgan fingerprint density at radius 3 is 1.53 bits per heavy atom. The van der Waals surface area contributed by atoms with Gasteiger partial charge in [0.05, 0.1) is 25.0 Å². The molecule has 2 unspecified atom stereocenters. The minimum atomic E-state index is -0.347. The van der Waals surface area contributed by atoms with E-state index in [1.807, 2.05) is 13.8 Å². The molecule has 0 aliphatic carbocycles. The number of nitrogens with zero attached hydrogens (tertiary/aromatic N) is 2. The molecule has 0 aliphatic rings. The number of alkyl carbamates (subject to hydrolysis) is 1. The smallest absolute Gasteiger partial charge is 0.407 e. The fourth-order valence-corrected chi connectivity index (χ4v) is 5.48. The number of carbonyl (C=O) groups is 3. The monoisotopic (exact) mass is 670 g/mol. The Kier molecular flexibility index (Phi) is 30.2. The van der Waals surface area contributed by atoms with Gasteiger partial charge in [-0.1, -0.05) is 66.2 Å². The fraction of sp³-hybridized carbons (Fsp3) is 0.921. The van der Waals surface area contributed by atoms with Gasteiger partial charge in [0.25, 0.3) is 0 Å². The van der Waals surface area contributed by atoms with Crippen LogP contribution in [-0.4, -0.2) is 94.5 Å². The first-order valence-corrected chi connectivity index (χ1v) is 19.2. The number of carbonyl (C=O) groups excluding carboxylic acids is 3. The van der Waals surface area contributed by atoms with Gasteiger partial charge in [0.15, 0.2) is 0 Å². The van der Waals surface area contributed by atoms with Crippen LogP contribution in [0.4, 0.5) is 4.79 Å². The standard InChI is InChI=1S/C38H75N3O6/c1-8-10-14-23-33(3)36(42)45-31-20-12-16-25-35(26-17-13-21-32-46-37(43)34(4)24-15-11-9-2)47-38(44)39-27-22-30-41(7)29-19-18-28-40(5)6/h33-35H,8-32H2,1-7H3,(H,39,44). The van der Waals surface area contributed by atoms with Crippen molar-refractivity contribution in [1.29, 1.82) is 0 Å². The second-order valence-corrected chi connectivity index (χ2v) is 13.9. The van der Waals surface area contributed by atoms with Gasteiger partial charge in [-0.25, -0.2) is 4.79 Å². The average Bonchev–Trinajstić information content (AvgIpc) is 3.04. The summed E-state index contributed by atoms with van der Waals surface area (Å²) in [6, 6.07) is 0. The predicted octanol–water partition coefficient (Wildman–Crippen LogP) is 8.38. The number of unbranched alkanes of at least 4 members (excludes halogenated alkanes) is 9. The van der Waals surface area contributed by atoms with Crippen molar-refractivity contribution in [2.24, 2.45) is 11.8 Å². The molecule has 0 saturated heterocycles. The molecular weight excluding hydrogens is 594 g/mol. The first-order chi connectivity index (χ1) is 22.6. The number of ether oxygens (including phenoxy) is 3. The van der Waals surface area contributed by atoms with E-state index in [-0.39, 0.29) is 36.0 Å². The van der Waals surface area contributed by atoms with Crippen LogP contribution in [0.2, 0.25) is 0 Å². The first kappa shape index (κ1) is 45.1. The van der Waals surface area contributed by atoms with E-state index in [4.69, 9.17) is 14.2 Å². The highest BCUT2D eigenvalue weighted by molar-refractivity contribution is 5.72. The van der Waals surface area contributed by atoms with Crippen LogP contribution < -0.4 is 5.32 Å². The summed E-state index contributed by atoms with van der Waals surface area (Å²) >= 11 is 0. The van der Waals surface area contributed by atoms with Gasteiger partial charge < -0.3 is 29.3 Å². The molecule has 0 heterocycles. The molecule has 0 saturated carbocycles. The van der Waals surface area contributed by atoms with Gasteiger partial charge in [-0.15, -0.1) is 0 Å². The fourth-order valence-electron chi connectivity index (χ4n) is 5.48. The summed E-state index contributed by atoms with van der Waals surface area (Å²) < 4.78 is 16.9. The number of hydrogen-bond donors (Lipinski definition) is 1. The second kappa shape index (κ2) is 31.4. The Bertz CT molecular complexity index is 726. The molecule has 1 amide bonds. The number of hydrogen-bond acceptors (Lipinski definition) is 8. The Hall–Kier alpha value is -1.87.